The Morgan fingerprint density at radius 1 is 1.23 bits per heavy atom. The Hall–Kier alpha value is -2.08. The Balaban J connectivity index is 3.23. The van der Waals surface area contributed by atoms with E-state index >= 15 is 0 Å². The molecule has 0 unspecified atom stereocenters. The van der Waals surface area contributed by atoms with Crippen LogP contribution in [0.3, 0.4) is 0 Å². The minimum absolute atomic E-state index is 0.114. The van der Waals surface area contributed by atoms with Crippen molar-refractivity contribution >= 4 is 17.6 Å². The van der Waals surface area contributed by atoms with Crippen molar-refractivity contribution in [2.75, 3.05) is 25.2 Å². The average molecular weight is 308 g/mol. The molecule has 0 saturated heterocycles. The monoisotopic (exact) mass is 308 g/mol. The van der Waals surface area contributed by atoms with E-state index in [0.29, 0.717) is 11.4 Å². The number of ether oxygens (including phenoxy) is 2. The molecule has 0 bridgehead atoms. The predicted octanol–water partition coefficient (Wildman–Crippen LogP) is 1.57. The lowest BCUT2D eigenvalue weighted by Gasteiger charge is -2.32. The molecule has 6 nitrogen and oxygen atoms in total. The third kappa shape index (κ3) is 4.21. The van der Waals surface area contributed by atoms with E-state index in [0.717, 1.165) is 0 Å². The summed E-state index contributed by atoms with van der Waals surface area (Å²) in [6, 6.07) is 6.19. The summed E-state index contributed by atoms with van der Waals surface area (Å²) in [7, 11) is 1.56. The Morgan fingerprint density at radius 2 is 1.82 bits per heavy atom. The van der Waals surface area contributed by atoms with Crippen molar-refractivity contribution in [3.63, 3.8) is 0 Å². The first-order chi connectivity index (χ1) is 10.5. The van der Waals surface area contributed by atoms with Crippen LogP contribution in [0.1, 0.15) is 20.8 Å². The molecule has 0 radical (unpaired) electrons. The van der Waals surface area contributed by atoms with Crippen LogP contribution in [-0.4, -0.2) is 38.2 Å². The number of hydrogen-bond acceptors (Lipinski definition) is 5. The second kappa shape index (κ2) is 8.38. The molecule has 0 spiro atoms. The summed E-state index contributed by atoms with van der Waals surface area (Å²) in [6.45, 7) is 5.53. The van der Waals surface area contributed by atoms with E-state index in [1.165, 1.54) is 4.90 Å². The number of amides is 1. The van der Waals surface area contributed by atoms with Gasteiger partial charge in [-0.2, -0.15) is 0 Å². The summed E-state index contributed by atoms with van der Waals surface area (Å²) in [5, 5.41) is 0. The molecule has 1 aromatic rings. The topological polar surface area (TPSA) is 81.9 Å². The Kier molecular flexibility index (Phi) is 6.85. The molecule has 0 saturated carbocycles. The van der Waals surface area contributed by atoms with Crippen LogP contribution in [0.5, 0.6) is 5.75 Å². The van der Waals surface area contributed by atoms with Gasteiger partial charge >= 0.3 is 5.97 Å². The van der Waals surface area contributed by atoms with Crippen molar-refractivity contribution in [3.05, 3.63) is 24.3 Å². The highest BCUT2D eigenvalue weighted by Gasteiger charge is 2.34. The van der Waals surface area contributed by atoms with E-state index in [2.05, 4.69) is 0 Å². The van der Waals surface area contributed by atoms with Crippen molar-refractivity contribution in [2.45, 2.75) is 26.8 Å². The number of benzene rings is 1. The van der Waals surface area contributed by atoms with Gasteiger partial charge in [-0.25, -0.2) is 4.79 Å². The molecular weight excluding hydrogens is 284 g/mol. The van der Waals surface area contributed by atoms with Crippen molar-refractivity contribution in [3.8, 4) is 5.75 Å². The van der Waals surface area contributed by atoms with Crippen LogP contribution in [-0.2, 0) is 14.3 Å². The second-order valence-electron chi connectivity index (χ2n) is 5.11. The fourth-order valence-corrected chi connectivity index (χ4v) is 2.20. The minimum Gasteiger partial charge on any atom is -0.497 e. The number of nitrogens with two attached hydrogens (primary N) is 1. The number of esters is 1. The zero-order valence-corrected chi connectivity index (χ0v) is 13.5. The summed E-state index contributed by atoms with van der Waals surface area (Å²) in [6.07, 6.45) is 0. The molecule has 122 valence electrons. The van der Waals surface area contributed by atoms with Crippen LogP contribution in [0, 0.1) is 5.92 Å². The van der Waals surface area contributed by atoms with Gasteiger partial charge in [-0.3, -0.25) is 9.69 Å². The Bertz CT molecular complexity index is 499. The third-order valence-electron chi connectivity index (χ3n) is 3.23. The smallest absolute Gasteiger partial charge is 0.329 e. The lowest BCUT2D eigenvalue weighted by atomic mass is 10.0. The van der Waals surface area contributed by atoms with E-state index in [9.17, 15) is 9.59 Å². The van der Waals surface area contributed by atoms with Gasteiger partial charge in [-0.1, -0.05) is 13.8 Å². The van der Waals surface area contributed by atoms with Gasteiger partial charge in [-0.15, -0.1) is 0 Å². The molecule has 22 heavy (non-hydrogen) atoms. The van der Waals surface area contributed by atoms with Crippen molar-refractivity contribution in [1.82, 2.24) is 0 Å². The summed E-state index contributed by atoms with van der Waals surface area (Å²) in [5.74, 6) is -0.218. The molecule has 1 atom stereocenters. The standard InChI is InChI=1S/C16H24N2O4/c1-5-22-16(20)15(11(2)3)18(14(19)10-17)12-6-8-13(21-4)9-7-12/h6-9,11,15H,5,10,17H2,1-4H3/t15-/m0/s1. The first-order valence-corrected chi connectivity index (χ1v) is 7.29. The first-order valence-electron chi connectivity index (χ1n) is 7.29. The lowest BCUT2D eigenvalue weighted by molar-refractivity contribution is -0.147. The molecule has 0 aliphatic carbocycles. The molecule has 1 aromatic carbocycles. The van der Waals surface area contributed by atoms with E-state index in [4.69, 9.17) is 15.2 Å². The molecule has 1 rings (SSSR count). The minimum atomic E-state index is -0.718. The van der Waals surface area contributed by atoms with Gasteiger partial charge < -0.3 is 15.2 Å². The van der Waals surface area contributed by atoms with Gasteiger partial charge in [0.25, 0.3) is 0 Å². The first kappa shape index (κ1) is 18.0. The van der Waals surface area contributed by atoms with Gasteiger partial charge in [0.05, 0.1) is 20.3 Å². The van der Waals surface area contributed by atoms with Gasteiger partial charge in [0, 0.05) is 5.69 Å². The molecule has 2 N–H and O–H groups in total. The molecule has 0 heterocycles. The number of carbonyl (C=O) groups excluding carboxylic acids is 2. The van der Waals surface area contributed by atoms with Crippen LogP contribution >= 0.6 is 0 Å². The number of hydrogen-bond donors (Lipinski definition) is 1. The van der Waals surface area contributed by atoms with Crippen LogP contribution in [0.25, 0.3) is 0 Å². The van der Waals surface area contributed by atoms with Crippen LogP contribution in [0.15, 0.2) is 24.3 Å². The Labute approximate surface area is 131 Å². The molecule has 0 aliphatic heterocycles. The van der Waals surface area contributed by atoms with Crippen LogP contribution < -0.4 is 15.4 Å². The van der Waals surface area contributed by atoms with E-state index in [-0.39, 0.29) is 25.0 Å². The van der Waals surface area contributed by atoms with E-state index in [1.54, 1.807) is 38.3 Å². The zero-order chi connectivity index (χ0) is 16.7. The second-order valence-corrected chi connectivity index (χ2v) is 5.11. The fraction of sp³-hybridized carbons (Fsp3) is 0.500. The van der Waals surface area contributed by atoms with Gasteiger partial charge in [-0.05, 0) is 37.1 Å². The third-order valence-corrected chi connectivity index (χ3v) is 3.23. The summed E-state index contributed by atoms with van der Waals surface area (Å²) in [4.78, 5) is 25.9. The molecular formula is C16H24N2O4. The van der Waals surface area contributed by atoms with E-state index < -0.39 is 12.0 Å². The molecule has 0 fully saturated rings. The predicted molar refractivity (Wildman–Crippen MR) is 84.8 cm³/mol. The van der Waals surface area contributed by atoms with Crippen LogP contribution in [0.4, 0.5) is 5.69 Å². The normalized spacial score (nSPS) is 11.9. The van der Waals surface area contributed by atoms with Crippen molar-refractivity contribution in [2.24, 2.45) is 11.7 Å². The fourth-order valence-electron chi connectivity index (χ4n) is 2.20. The summed E-state index contributed by atoms with van der Waals surface area (Å²) >= 11 is 0. The largest absolute Gasteiger partial charge is 0.497 e. The molecule has 6 heteroatoms. The number of rotatable bonds is 7. The zero-order valence-electron chi connectivity index (χ0n) is 13.5. The Morgan fingerprint density at radius 3 is 2.23 bits per heavy atom. The maximum Gasteiger partial charge on any atom is 0.329 e. The molecule has 1 amide bonds. The highest BCUT2D eigenvalue weighted by molar-refractivity contribution is 6.00. The average Bonchev–Trinajstić information content (AvgIpc) is 2.51. The van der Waals surface area contributed by atoms with E-state index in [1.807, 2.05) is 13.8 Å². The summed E-state index contributed by atoms with van der Waals surface area (Å²) in [5.41, 5.74) is 6.10. The molecule has 0 aromatic heterocycles. The van der Waals surface area contributed by atoms with Crippen LogP contribution in [0.2, 0.25) is 0 Å². The molecule has 0 aliphatic rings. The van der Waals surface area contributed by atoms with Gasteiger partial charge in [0.15, 0.2) is 0 Å². The maximum absolute atomic E-state index is 12.3. The van der Waals surface area contributed by atoms with Gasteiger partial charge in [0.1, 0.15) is 11.8 Å². The number of carbonyl (C=O) groups is 2. The highest BCUT2D eigenvalue weighted by Crippen LogP contribution is 2.25. The quantitative estimate of drug-likeness (QED) is 0.773. The SMILES string of the molecule is CCOC(=O)[C@H](C(C)C)N(C(=O)CN)c1ccc(OC)cc1. The van der Waals surface area contributed by atoms with Gasteiger partial charge in [0.2, 0.25) is 5.91 Å². The lowest BCUT2D eigenvalue weighted by Crippen LogP contribution is -2.51. The number of anilines is 1. The summed E-state index contributed by atoms with van der Waals surface area (Å²) < 4.78 is 10.2. The van der Waals surface area contributed by atoms with Crippen molar-refractivity contribution < 1.29 is 19.1 Å². The number of methoxy groups -OCH3 is 1. The highest BCUT2D eigenvalue weighted by atomic mass is 16.5. The number of nitrogens with zero attached hydrogens (tertiary/aromatic N) is 1. The van der Waals surface area contributed by atoms with Crippen molar-refractivity contribution in [1.29, 1.82) is 0 Å². The maximum atomic E-state index is 12.3.